The predicted octanol–water partition coefficient (Wildman–Crippen LogP) is 1.34. The molecular formula is C10H13BrN2O2S. The Balaban J connectivity index is 2.62. The van der Waals surface area contributed by atoms with E-state index in [0.717, 1.165) is 0 Å². The molecule has 88 valence electrons. The van der Waals surface area contributed by atoms with Crippen LogP contribution in [0.25, 0.3) is 0 Å². The molecule has 0 fully saturated rings. The largest absolute Gasteiger partial charge is 0.349 e. The van der Waals surface area contributed by atoms with Crippen LogP contribution in [0.3, 0.4) is 0 Å². The van der Waals surface area contributed by atoms with E-state index in [4.69, 9.17) is 0 Å². The summed E-state index contributed by atoms with van der Waals surface area (Å²) in [5.74, 6) is 0.277. The fourth-order valence-electron chi connectivity index (χ4n) is 1.24. The van der Waals surface area contributed by atoms with Crippen molar-refractivity contribution in [2.24, 2.45) is 0 Å². The molecule has 0 aromatic carbocycles. The number of rotatable bonds is 4. The lowest BCUT2D eigenvalue weighted by Gasteiger charge is -2.12. The van der Waals surface area contributed by atoms with Gasteiger partial charge in [-0.1, -0.05) is 0 Å². The molecule has 0 radical (unpaired) electrons. The minimum absolute atomic E-state index is 0.106. The normalized spacial score (nSPS) is 14.2. The van der Waals surface area contributed by atoms with E-state index in [1.807, 2.05) is 6.92 Å². The van der Waals surface area contributed by atoms with E-state index in [1.54, 1.807) is 24.6 Å². The molecule has 6 heteroatoms. The van der Waals surface area contributed by atoms with Gasteiger partial charge in [-0.05, 0) is 35.0 Å². The van der Waals surface area contributed by atoms with Gasteiger partial charge in [0.2, 0.25) is 0 Å². The van der Waals surface area contributed by atoms with E-state index in [9.17, 15) is 9.00 Å². The number of amides is 1. The summed E-state index contributed by atoms with van der Waals surface area (Å²) in [4.78, 5) is 15.7. The lowest BCUT2D eigenvalue weighted by Crippen LogP contribution is -2.36. The number of hydrogen-bond acceptors (Lipinski definition) is 3. The maximum Gasteiger partial charge on any atom is 0.251 e. The Morgan fingerprint density at radius 1 is 1.69 bits per heavy atom. The maximum atomic E-state index is 11.7. The number of halogens is 1. The van der Waals surface area contributed by atoms with Crippen molar-refractivity contribution in [3.63, 3.8) is 0 Å². The van der Waals surface area contributed by atoms with Crippen molar-refractivity contribution in [2.75, 3.05) is 12.0 Å². The molecule has 1 amide bonds. The zero-order chi connectivity index (χ0) is 12.1. The van der Waals surface area contributed by atoms with Gasteiger partial charge >= 0.3 is 0 Å². The Bertz CT molecular complexity index is 412. The van der Waals surface area contributed by atoms with Crippen LogP contribution in [-0.2, 0) is 10.8 Å². The fraction of sp³-hybridized carbons (Fsp3) is 0.400. The van der Waals surface area contributed by atoms with Crippen molar-refractivity contribution < 1.29 is 9.00 Å². The average molecular weight is 305 g/mol. The number of nitrogens with one attached hydrogen (secondary N) is 1. The summed E-state index contributed by atoms with van der Waals surface area (Å²) in [6, 6.07) is 3.17. The van der Waals surface area contributed by atoms with Crippen LogP contribution >= 0.6 is 15.9 Å². The first-order valence-electron chi connectivity index (χ1n) is 4.71. The second-order valence-electron chi connectivity index (χ2n) is 3.48. The highest BCUT2D eigenvalue weighted by molar-refractivity contribution is 9.10. The number of pyridine rings is 1. The minimum atomic E-state index is -0.909. The Labute approximate surface area is 105 Å². The predicted molar refractivity (Wildman–Crippen MR) is 67.8 cm³/mol. The third kappa shape index (κ3) is 4.40. The van der Waals surface area contributed by atoms with Crippen molar-refractivity contribution in [1.82, 2.24) is 10.3 Å². The quantitative estimate of drug-likeness (QED) is 0.854. The van der Waals surface area contributed by atoms with E-state index >= 15 is 0 Å². The van der Waals surface area contributed by atoms with Crippen molar-refractivity contribution >= 4 is 32.6 Å². The molecule has 0 bridgehead atoms. The Hall–Kier alpha value is -0.750. The van der Waals surface area contributed by atoms with Crippen LogP contribution < -0.4 is 5.32 Å². The molecular weight excluding hydrogens is 292 g/mol. The summed E-state index contributed by atoms with van der Waals surface area (Å²) in [7, 11) is -0.909. The van der Waals surface area contributed by atoms with E-state index in [1.165, 1.54) is 0 Å². The van der Waals surface area contributed by atoms with Crippen molar-refractivity contribution in [3.8, 4) is 0 Å². The van der Waals surface area contributed by atoms with Gasteiger partial charge in [-0.25, -0.2) is 4.98 Å². The first-order chi connectivity index (χ1) is 7.49. The highest BCUT2D eigenvalue weighted by Gasteiger charge is 2.11. The molecule has 0 aliphatic heterocycles. The number of hydrogen-bond donors (Lipinski definition) is 1. The summed E-state index contributed by atoms with van der Waals surface area (Å²) in [5.41, 5.74) is 0.538. The molecule has 1 aromatic rings. The topological polar surface area (TPSA) is 59.1 Å². The van der Waals surface area contributed by atoms with Gasteiger partial charge in [0.25, 0.3) is 5.91 Å². The fourth-order valence-corrected chi connectivity index (χ4v) is 2.40. The monoisotopic (exact) mass is 304 g/mol. The maximum absolute atomic E-state index is 11.7. The minimum Gasteiger partial charge on any atom is -0.349 e. The van der Waals surface area contributed by atoms with Crippen molar-refractivity contribution in [3.05, 3.63) is 28.5 Å². The van der Waals surface area contributed by atoms with Crippen LogP contribution in [0, 0.1) is 0 Å². The van der Waals surface area contributed by atoms with Crippen LogP contribution in [0.15, 0.2) is 22.9 Å². The highest BCUT2D eigenvalue weighted by Crippen LogP contribution is 2.08. The Morgan fingerprint density at radius 3 is 2.94 bits per heavy atom. The number of aromatic nitrogens is 1. The van der Waals surface area contributed by atoms with E-state index in [0.29, 0.717) is 15.9 Å². The van der Waals surface area contributed by atoms with Gasteiger partial charge in [0.15, 0.2) is 0 Å². The number of carbonyl (C=O) groups is 1. The number of nitrogens with zero attached hydrogens (tertiary/aromatic N) is 1. The van der Waals surface area contributed by atoms with Gasteiger partial charge in [0.05, 0.1) is 0 Å². The van der Waals surface area contributed by atoms with E-state index < -0.39 is 10.8 Å². The van der Waals surface area contributed by atoms with Crippen molar-refractivity contribution in [1.29, 1.82) is 0 Å². The zero-order valence-electron chi connectivity index (χ0n) is 9.07. The molecule has 16 heavy (non-hydrogen) atoms. The van der Waals surface area contributed by atoms with Gasteiger partial charge < -0.3 is 5.32 Å². The van der Waals surface area contributed by atoms with Gasteiger partial charge in [-0.2, -0.15) is 0 Å². The van der Waals surface area contributed by atoms with Crippen LogP contribution in [0.5, 0.6) is 0 Å². The van der Waals surface area contributed by atoms with E-state index in [2.05, 4.69) is 26.2 Å². The first-order valence-corrected chi connectivity index (χ1v) is 7.23. The molecule has 0 saturated heterocycles. The second kappa shape index (κ2) is 6.10. The van der Waals surface area contributed by atoms with E-state index in [-0.39, 0.29) is 11.9 Å². The van der Waals surface area contributed by atoms with Crippen molar-refractivity contribution in [2.45, 2.75) is 13.0 Å². The highest BCUT2D eigenvalue weighted by atomic mass is 79.9. The third-order valence-corrected chi connectivity index (χ3v) is 3.25. The van der Waals surface area contributed by atoms with Gasteiger partial charge in [-0.15, -0.1) is 0 Å². The lowest BCUT2D eigenvalue weighted by atomic mass is 10.2. The molecule has 0 saturated carbocycles. The molecule has 1 rings (SSSR count). The molecule has 1 N–H and O–H groups in total. The molecule has 0 spiro atoms. The molecule has 2 unspecified atom stereocenters. The molecule has 1 heterocycles. The molecule has 1 aromatic heterocycles. The lowest BCUT2D eigenvalue weighted by molar-refractivity contribution is 0.0943. The summed E-state index contributed by atoms with van der Waals surface area (Å²) in [5, 5.41) is 2.77. The smallest absolute Gasteiger partial charge is 0.251 e. The van der Waals surface area contributed by atoms with Gasteiger partial charge in [-0.3, -0.25) is 9.00 Å². The first kappa shape index (κ1) is 13.3. The Kier molecular flexibility index (Phi) is 5.08. The molecule has 4 nitrogen and oxygen atoms in total. The summed E-state index contributed by atoms with van der Waals surface area (Å²) in [6.07, 6.45) is 3.17. The zero-order valence-corrected chi connectivity index (χ0v) is 11.5. The number of carbonyl (C=O) groups excluding carboxylic acids is 1. The average Bonchev–Trinajstić information content (AvgIpc) is 2.16. The van der Waals surface area contributed by atoms with Crippen LogP contribution in [-0.4, -0.2) is 33.2 Å². The Morgan fingerprint density at radius 2 is 2.38 bits per heavy atom. The standard InChI is InChI=1S/C10H13BrN2O2S/c1-7(6-16(2)15)13-10(14)8-3-4-12-9(11)5-8/h3-5,7H,6H2,1-2H3,(H,13,14). The molecule has 0 aliphatic carbocycles. The third-order valence-electron chi connectivity index (χ3n) is 1.85. The van der Waals surface area contributed by atoms with Gasteiger partial charge in [0, 0.05) is 40.6 Å². The van der Waals surface area contributed by atoms with Crippen LogP contribution in [0.2, 0.25) is 0 Å². The van der Waals surface area contributed by atoms with Crippen LogP contribution in [0.4, 0.5) is 0 Å². The van der Waals surface area contributed by atoms with Crippen LogP contribution in [0.1, 0.15) is 17.3 Å². The molecule has 2 atom stereocenters. The summed E-state index contributed by atoms with van der Waals surface area (Å²) >= 11 is 3.20. The van der Waals surface area contributed by atoms with Gasteiger partial charge in [0.1, 0.15) is 4.60 Å². The SMILES string of the molecule is CC(CS(C)=O)NC(=O)c1ccnc(Br)c1. The summed E-state index contributed by atoms with van der Waals surface area (Å²) < 4.78 is 11.6. The molecule has 0 aliphatic rings. The second-order valence-corrected chi connectivity index (χ2v) is 5.77. The summed E-state index contributed by atoms with van der Waals surface area (Å²) in [6.45, 7) is 1.83.